The first-order valence-corrected chi connectivity index (χ1v) is 12.2. The molecular weight excluding hydrogens is 470 g/mol. The fraction of sp³-hybridized carbons (Fsp3) is 0.286. The number of methoxy groups -OCH3 is 1. The van der Waals surface area contributed by atoms with E-state index >= 15 is 0 Å². The van der Waals surface area contributed by atoms with E-state index in [2.05, 4.69) is 47.9 Å². The number of aromatic nitrogens is 2. The lowest BCUT2D eigenvalue weighted by Crippen LogP contribution is -2.52. The normalized spacial score (nSPS) is 16.2. The van der Waals surface area contributed by atoms with Gasteiger partial charge in [-0.1, -0.05) is 18.2 Å². The van der Waals surface area contributed by atoms with Crippen LogP contribution in [0.4, 0.5) is 11.4 Å². The predicted molar refractivity (Wildman–Crippen MR) is 144 cm³/mol. The van der Waals surface area contributed by atoms with Gasteiger partial charge in [0.25, 0.3) is 11.2 Å². The fourth-order valence-corrected chi connectivity index (χ4v) is 5.02. The van der Waals surface area contributed by atoms with Crippen LogP contribution in [0.3, 0.4) is 0 Å². The third kappa shape index (κ3) is 4.90. The van der Waals surface area contributed by atoms with Gasteiger partial charge in [-0.05, 0) is 49.7 Å². The number of anilines is 1. The second kappa shape index (κ2) is 10.0. The van der Waals surface area contributed by atoms with Gasteiger partial charge in [0.05, 0.1) is 35.2 Å². The Balaban J connectivity index is 1.52. The average Bonchev–Trinajstić information content (AvgIpc) is 2.88. The zero-order valence-electron chi connectivity index (χ0n) is 21.1. The van der Waals surface area contributed by atoms with Crippen molar-refractivity contribution in [3.05, 3.63) is 98.6 Å². The maximum absolute atomic E-state index is 13.7. The van der Waals surface area contributed by atoms with E-state index in [1.165, 1.54) is 23.4 Å². The minimum Gasteiger partial charge on any atom is -0.497 e. The van der Waals surface area contributed by atoms with Crippen molar-refractivity contribution in [1.82, 2.24) is 14.5 Å². The number of hydrogen-bond acceptors (Lipinski definition) is 7. The summed E-state index contributed by atoms with van der Waals surface area (Å²) in [5.41, 5.74) is 3.00. The van der Waals surface area contributed by atoms with E-state index in [4.69, 9.17) is 9.72 Å². The summed E-state index contributed by atoms with van der Waals surface area (Å²) in [7, 11) is 1.57. The van der Waals surface area contributed by atoms with Crippen LogP contribution in [0, 0.1) is 17.0 Å². The first-order valence-electron chi connectivity index (χ1n) is 12.2. The number of nitro groups is 1. The van der Waals surface area contributed by atoms with E-state index < -0.39 is 4.92 Å². The molecule has 0 unspecified atom stereocenters. The van der Waals surface area contributed by atoms with Crippen LogP contribution in [0.15, 0.2) is 71.5 Å². The zero-order chi connectivity index (χ0) is 26.1. The summed E-state index contributed by atoms with van der Waals surface area (Å²) in [6.07, 6.45) is 0. The van der Waals surface area contributed by atoms with Crippen molar-refractivity contribution < 1.29 is 9.66 Å². The molecule has 5 rings (SSSR count). The average molecular weight is 500 g/mol. The van der Waals surface area contributed by atoms with Crippen molar-refractivity contribution in [1.29, 1.82) is 0 Å². The number of nitrogens with zero attached hydrogens (tertiary/aromatic N) is 5. The van der Waals surface area contributed by atoms with Gasteiger partial charge in [-0.15, -0.1) is 0 Å². The lowest BCUT2D eigenvalue weighted by molar-refractivity contribution is -0.384. The molecule has 1 aromatic heterocycles. The number of ether oxygens (including phenoxy) is 1. The molecule has 1 saturated heterocycles. The third-order valence-corrected chi connectivity index (χ3v) is 6.85. The highest BCUT2D eigenvalue weighted by molar-refractivity contribution is 5.80. The minimum atomic E-state index is -0.502. The fourth-order valence-electron chi connectivity index (χ4n) is 5.02. The Bertz CT molecular complexity index is 1530. The van der Waals surface area contributed by atoms with E-state index in [1.807, 2.05) is 12.1 Å². The molecule has 2 heterocycles. The molecule has 0 amide bonds. The van der Waals surface area contributed by atoms with Gasteiger partial charge in [-0.25, -0.2) is 4.98 Å². The summed E-state index contributed by atoms with van der Waals surface area (Å²) in [5.74, 6) is 1.19. The standard InChI is InChI=1S/C28H29N5O4/c1-19-6-4-7-21(14-19)31-13-12-30(17-20(31)2)18-27-29-26-11-10-23(33(35)36)16-25(26)28(34)32(27)22-8-5-9-24(15-22)37-3/h4-11,14-16,20H,12-13,17-18H2,1-3H3/t20-/m0/s1. The largest absolute Gasteiger partial charge is 0.497 e. The van der Waals surface area contributed by atoms with Crippen LogP contribution in [0.25, 0.3) is 16.6 Å². The molecular formula is C28H29N5O4. The lowest BCUT2D eigenvalue weighted by atomic mass is 10.1. The number of nitro benzene ring substituents is 1. The minimum absolute atomic E-state index is 0.141. The second-order valence-electron chi connectivity index (χ2n) is 9.45. The lowest BCUT2D eigenvalue weighted by Gasteiger charge is -2.41. The first-order chi connectivity index (χ1) is 17.8. The first kappa shape index (κ1) is 24.5. The van der Waals surface area contributed by atoms with E-state index in [1.54, 1.807) is 29.9 Å². The van der Waals surface area contributed by atoms with Crippen LogP contribution in [0.5, 0.6) is 5.75 Å². The van der Waals surface area contributed by atoms with Crippen LogP contribution in [0.2, 0.25) is 0 Å². The number of non-ortho nitro benzene ring substituents is 1. The molecule has 9 nitrogen and oxygen atoms in total. The molecule has 9 heteroatoms. The summed E-state index contributed by atoms with van der Waals surface area (Å²) < 4.78 is 6.93. The summed E-state index contributed by atoms with van der Waals surface area (Å²) in [4.78, 5) is 34.1. The molecule has 0 radical (unpaired) electrons. The summed E-state index contributed by atoms with van der Waals surface area (Å²) in [5, 5.41) is 11.6. The number of piperazine rings is 1. The zero-order valence-corrected chi connectivity index (χ0v) is 21.1. The molecule has 0 spiro atoms. The highest BCUT2D eigenvalue weighted by Crippen LogP contribution is 2.24. The number of fused-ring (bicyclic) bond motifs is 1. The Hall–Kier alpha value is -4.24. The number of benzene rings is 3. The molecule has 1 atom stereocenters. The monoisotopic (exact) mass is 499 g/mol. The molecule has 1 aliphatic rings. The van der Waals surface area contributed by atoms with E-state index in [-0.39, 0.29) is 22.7 Å². The molecule has 0 saturated carbocycles. The Kier molecular flexibility index (Phi) is 6.62. The van der Waals surface area contributed by atoms with Crippen LogP contribution in [-0.2, 0) is 6.54 Å². The van der Waals surface area contributed by atoms with Gasteiger partial charge in [0.1, 0.15) is 11.6 Å². The third-order valence-electron chi connectivity index (χ3n) is 6.85. The summed E-state index contributed by atoms with van der Waals surface area (Å²) >= 11 is 0. The van der Waals surface area contributed by atoms with E-state index in [0.29, 0.717) is 29.3 Å². The number of hydrogen-bond donors (Lipinski definition) is 0. The smallest absolute Gasteiger partial charge is 0.270 e. The quantitative estimate of drug-likeness (QED) is 0.288. The molecule has 1 aliphatic heterocycles. The molecule has 0 N–H and O–H groups in total. The Morgan fingerprint density at radius 2 is 1.84 bits per heavy atom. The predicted octanol–water partition coefficient (Wildman–Crippen LogP) is 4.32. The van der Waals surface area contributed by atoms with Gasteiger partial charge in [0, 0.05) is 49.6 Å². The van der Waals surface area contributed by atoms with Gasteiger partial charge in [-0.2, -0.15) is 0 Å². The van der Waals surface area contributed by atoms with Gasteiger partial charge in [0.2, 0.25) is 0 Å². The van der Waals surface area contributed by atoms with Gasteiger partial charge in [0.15, 0.2) is 0 Å². The molecule has 4 aromatic rings. The topological polar surface area (TPSA) is 93.7 Å². The van der Waals surface area contributed by atoms with Gasteiger partial charge >= 0.3 is 0 Å². The van der Waals surface area contributed by atoms with Gasteiger partial charge in [-0.3, -0.25) is 24.4 Å². The highest BCUT2D eigenvalue weighted by atomic mass is 16.6. The van der Waals surface area contributed by atoms with Crippen LogP contribution < -0.4 is 15.2 Å². The van der Waals surface area contributed by atoms with E-state index in [9.17, 15) is 14.9 Å². The van der Waals surface area contributed by atoms with Crippen molar-refractivity contribution in [2.24, 2.45) is 0 Å². The molecule has 0 bridgehead atoms. The number of rotatable bonds is 6. The van der Waals surface area contributed by atoms with Crippen molar-refractivity contribution in [2.75, 3.05) is 31.6 Å². The van der Waals surface area contributed by atoms with Crippen LogP contribution in [0.1, 0.15) is 18.3 Å². The maximum atomic E-state index is 13.7. The molecule has 37 heavy (non-hydrogen) atoms. The second-order valence-corrected chi connectivity index (χ2v) is 9.45. The summed E-state index contributed by atoms with van der Waals surface area (Å²) in [6.45, 7) is 7.24. The maximum Gasteiger partial charge on any atom is 0.270 e. The molecule has 3 aromatic carbocycles. The Morgan fingerprint density at radius 1 is 1.05 bits per heavy atom. The van der Waals surface area contributed by atoms with Crippen molar-refractivity contribution in [3.63, 3.8) is 0 Å². The van der Waals surface area contributed by atoms with Crippen molar-refractivity contribution in [3.8, 4) is 11.4 Å². The van der Waals surface area contributed by atoms with Crippen LogP contribution >= 0.6 is 0 Å². The van der Waals surface area contributed by atoms with Crippen molar-refractivity contribution >= 4 is 22.3 Å². The summed E-state index contributed by atoms with van der Waals surface area (Å²) in [6, 6.07) is 20.2. The van der Waals surface area contributed by atoms with E-state index in [0.717, 1.165) is 19.6 Å². The molecule has 1 fully saturated rings. The molecule has 190 valence electrons. The number of aryl methyl sites for hydroxylation is 1. The van der Waals surface area contributed by atoms with Crippen LogP contribution in [-0.4, -0.2) is 52.2 Å². The Labute approximate surface area is 214 Å². The van der Waals surface area contributed by atoms with Crippen molar-refractivity contribution in [2.45, 2.75) is 26.4 Å². The Morgan fingerprint density at radius 3 is 2.57 bits per heavy atom. The van der Waals surface area contributed by atoms with Gasteiger partial charge < -0.3 is 9.64 Å². The molecule has 0 aliphatic carbocycles. The SMILES string of the molecule is COc1cccc(-n2c(CN3CCN(c4cccc(C)c4)[C@@H](C)C3)nc3ccc([N+](=O)[O-])cc3c2=O)c1. The highest BCUT2D eigenvalue weighted by Gasteiger charge is 2.26.